The summed E-state index contributed by atoms with van der Waals surface area (Å²) in [5.41, 5.74) is -0.282. The van der Waals surface area contributed by atoms with E-state index in [9.17, 15) is 10.1 Å². The van der Waals surface area contributed by atoms with E-state index in [2.05, 4.69) is 4.84 Å². The van der Waals surface area contributed by atoms with E-state index >= 15 is 0 Å². The molecule has 0 aliphatic carbocycles. The zero-order valence-corrected chi connectivity index (χ0v) is 8.22. The molecule has 1 aromatic rings. The fourth-order valence-corrected chi connectivity index (χ4v) is 1.09. The van der Waals surface area contributed by atoms with Crippen molar-refractivity contribution in [3.63, 3.8) is 0 Å². The Morgan fingerprint density at radius 2 is 1.73 bits per heavy atom. The van der Waals surface area contributed by atoms with Crippen LogP contribution in [-0.4, -0.2) is 19.1 Å². The first-order valence-corrected chi connectivity index (χ1v) is 3.91. The second-order valence-electron chi connectivity index (χ2n) is 2.55. The molecule has 0 unspecified atom stereocenters. The predicted molar refractivity (Wildman–Crippen MR) is 51.0 cm³/mol. The van der Waals surface area contributed by atoms with E-state index in [1.807, 2.05) is 0 Å². The Bertz CT molecular complexity index is 380. The first-order chi connectivity index (χ1) is 7.13. The van der Waals surface area contributed by atoms with Gasteiger partial charge in [0.2, 0.25) is 5.75 Å². The van der Waals surface area contributed by atoms with Gasteiger partial charge in [0.25, 0.3) is 0 Å². The highest BCUT2D eigenvalue weighted by molar-refractivity contribution is 5.57. The fraction of sp³-hybridized carbons (Fsp3) is 0.250. The molecule has 0 saturated carbocycles. The maximum absolute atomic E-state index is 10.6. The van der Waals surface area contributed by atoms with E-state index in [-0.39, 0.29) is 17.2 Å². The second-order valence-corrected chi connectivity index (χ2v) is 2.55. The Labute approximate surface area is 85.4 Å². The van der Waals surface area contributed by atoms with Gasteiger partial charge in [-0.2, -0.15) is 5.90 Å². The van der Waals surface area contributed by atoms with Crippen LogP contribution < -0.4 is 20.2 Å². The smallest absolute Gasteiger partial charge is 0.317 e. The Balaban J connectivity index is 3.34. The Morgan fingerprint density at radius 1 is 1.20 bits per heavy atom. The molecule has 0 heterocycles. The number of nitro benzene ring substituents is 1. The molecular formula is C8H10N2O5. The number of nitrogens with zero attached hydrogens (tertiary/aromatic N) is 1. The standard InChI is InChI=1S/C8H10N2O5/c1-13-7-3-5(10(11)12)6(15-9)4-8(7)14-2/h3-4H,9H2,1-2H3. The lowest BCUT2D eigenvalue weighted by atomic mass is 10.2. The minimum atomic E-state index is -0.621. The number of rotatable bonds is 4. The number of nitro groups is 1. The van der Waals surface area contributed by atoms with Gasteiger partial charge in [-0.15, -0.1) is 0 Å². The number of methoxy groups -OCH3 is 2. The predicted octanol–water partition coefficient (Wildman–Crippen LogP) is 0.864. The number of benzene rings is 1. The SMILES string of the molecule is COc1cc(ON)c([N+](=O)[O-])cc1OC. The summed E-state index contributed by atoms with van der Waals surface area (Å²) in [6.07, 6.45) is 0. The van der Waals surface area contributed by atoms with Crippen molar-refractivity contribution in [2.45, 2.75) is 0 Å². The molecule has 82 valence electrons. The molecule has 7 heteroatoms. The third-order valence-corrected chi connectivity index (χ3v) is 1.79. The van der Waals surface area contributed by atoms with Crippen LogP contribution in [0.15, 0.2) is 12.1 Å². The van der Waals surface area contributed by atoms with Crippen LogP contribution in [0.4, 0.5) is 5.69 Å². The summed E-state index contributed by atoms with van der Waals surface area (Å²) in [7, 11) is 2.79. The molecule has 0 aromatic heterocycles. The Kier molecular flexibility index (Phi) is 3.29. The average Bonchev–Trinajstić information content (AvgIpc) is 2.26. The quantitative estimate of drug-likeness (QED) is 0.589. The topological polar surface area (TPSA) is 96.9 Å². The van der Waals surface area contributed by atoms with Gasteiger partial charge >= 0.3 is 5.69 Å². The molecule has 7 nitrogen and oxygen atoms in total. The maximum Gasteiger partial charge on any atom is 0.317 e. The van der Waals surface area contributed by atoms with Crippen molar-refractivity contribution in [2.24, 2.45) is 5.90 Å². The molecule has 0 aliphatic rings. The van der Waals surface area contributed by atoms with Crippen LogP contribution in [-0.2, 0) is 0 Å². The molecule has 15 heavy (non-hydrogen) atoms. The van der Waals surface area contributed by atoms with Crippen LogP contribution in [0, 0.1) is 10.1 Å². The molecule has 1 aromatic carbocycles. The lowest BCUT2D eigenvalue weighted by Crippen LogP contribution is -2.05. The summed E-state index contributed by atoms with van der Waals surface area (Å²) < 4.78 is 9.83. The van der Waals surface area contributed by atoms with Crippen LogP contribution in [0.25, 0.3) is 0 Å². The van der Waals surface area contributed by atoms with E-state index in [1.54, 1.807) is 0 Å². The summed E-state index contributed by atoms with van der Waals surface area (Å²) in [5.74, 6) is 5.37. The van der Waals surface area contributed by atoms with E-state index in [0.29, 0.717) is 5.75 Å². The summed E-state index contributed by atoms with van der Waals surface area (Å²) in [6, 6.07) is 2.47. The van der Waals surface area contributed by atoms with Gasteiger partial charge in [-0.1, -0.05) is 0 Å². The van der Waals surface area contributed by atoms with Crippen molar-refractivity contribution in [1.82, 2.24) is 0 Å². The lowest BCUT2D eigenvalue weighted by molar-refractivity contribution is -0.386. The van der Waals surface area contributed by atoms with Crippen LogP contribution in [0.3, 0.4) is 0 Å². The molecule has 0 aliphatic heterocycles. The van der Waals surface area contributed by atoms with Gasteiger partial charge in [0.15, 0.2) is 11.5 Å². The highest BCUT2D eigenvalue weighted by atomic mass is 16.6. The summed E-state index contributed by atoms with van der Waals surface area (Å²) in [4.78, 5) is 14.4. The van der Waals surface area contributed by atoms with Crippen LogP contribution in [0.2, 0.25) is 0 Å². The van der Waals surface area contributed by atoms with Crippen molar-refractivity contribution in [3.05, 3.63) is 22.2 Å². The monoisotopic (exact) mass is 214 g/mol. The van der Waals surface area contributed by atoms with Gasteiger partial charge in [-0.3, -0.25) is 10.1 Å². The zero-order chi connectivity index (χ0) is 11.4. The van der Waals surface area contributed by atoms with Gasteiger partial charge in [0, 0.05) is 6.07 Å². The van der Waals surface area contributed by atoms with Crippen molar-refractivity contribution in [2.75, 3.05) is 14.2 Å². The number of hydrogen-bond acceptors (Lipinski definition) is 6. The summed E-state index contributed by atoms with van der Waals surface area (Å²) >= 11 is 0. The van der Waals surface area contributed by atoms with Crippen molar-refractivity contribution >= 4 is 5.69 Å². The van der Waals surface area contributed by atoms with E-state index in [0.717, 1.165) is 0 Å². The Hall–Kier alpha value is -2.02. The van der Waals surface area contributed by atoms with Gasteiger partial charge in [0.1, 0.15) is 0 Å². The number of hydrogen-bond donors (Lipinski definition) is 1. The molecule has 0 radical (unpaired) electrons. The number of nitrogens with two attached hydrogens (primary N) is 1. The lowest BCUT2D eigenvalue weighted by Gasteiger charge is -2.08. The van der Waals surface area contributed by atoms with Gasteiger partial charge in [0.05, 0.1) is 25.2 Å². The molecule has 1 rings (SSSR count). The Morgan fingerprint density at radius 3 is 2.13 bits per heavy atom. The van der Waals surface area contributed by atoms with Gasteiger partial charge in [-0.05, 0) is 0 Å². The molecule has 0 atom stereocenters. The zero-order valence-electron chi connectivity index (χ0n) is 8.22. The minimum Gasteiger partial charge on any atom is -0.493 e. The van der Waals surface area contributed by atoms with Gasteiger partial charge < -0.3 is 14.3 Å². The van der Waals surface area contributed by atoms with Crippen LogP contribution >= 0.6 is 0 Å². The third kappa shape index (κ3) is 2.08. The van der Waals surface area contributed by atoms with Crippen molar-refractivity contribution < 1.29 is 19.2 Å². The second kappa shape index (κ2) is 4.47. The average molecular weight is 214 g/mol. The van der Waals surface area contributed by atoms with Gasteiger partial charge in [-0.25, -0.2) is 0 Å². The first-order valence-electron chi connectivity index (χ1n) is 3.91. The fourth-order valence-electron chi connectivity index (χ4n) is 1.09. The van der Waals surface area contributed by atoms with Crippen molar-refractivity contribution in [3.8, 4) is 17.2 Å². The van der Waals surface area contributed by atoms with E-state index < -0.39 is 4.92 Å². The molecule has 0 bridgehead atoms. The highest BCUT2D eigenvalue weighted by Crippen LogP contribution is 2.38. The molecule has 2 N–H and O–H groups in total. The highest BCUT2D eigenvalue weighted by Gasteiger charge is 2.20. The maximum atomic E-state index is 10.6. The third-order valence-electron chi connectivity index (χ3n) is 1.79. The molecular weight excluding hydrogens is 204 g/mol. The van der Waals surface area contributed by atoms with E-state index in [4.69, 9.17) is 15.4 Å². The normalized spacial score (nSPS) is 9.53. The van der Waals surface area contributed by atoms with Crippen LogP contribution in [0.5, 0.6) is 17.2 Å². The molecule has 0 spiro atoms. The first kappa shape index (κ1) is 11.1. The van der Waals surface area contributed by atoms with E-state index in [1.165, 1.54) is 26.4 Å². The molecule has 0 amide bonds. The van der Waals surface area contributed by atoms with Crippen molar-refractivity contribution in [1.29, 1.82) is 0 Å². The summed E-state index contributed by atoms with van der Waals surface area (Å²) in [6.45, 7) is 0. The molecule has 0 saturated heterocycles. The number of ether oxygens (including phenoxy) is 2. The summed E-state index contributed by atoms with van der Waals surface area (Å²) in [5, 5.41) is 10.6. The largest absolute Gasteiger partial charge is 0.493 e. The van der Waals surface area contributed by atoms with Crippen LogP contribution in [0.1, 0.15) is 0 Å². The molecule has 0 fully saturated rings. The minimum absolute atomic E-state index is 0.0855.